The molecule has 2 saturated heterocycles. The first-order valence-corrected chi connectivity index (χ1v) is 9.41. The van der Waals surface area contributed by atoms with Crippen molar-refractivity contribution in [2.75, 3.05) is 23.9 Å². The van der Waals surface area contributed by atoms with Gasteiger partial charge < -0.3 is 15.3 Å². The largest absolute Gasteiger partial charge is 0.481 e. The molecule has 120 valence electrons. The van der Waals surface area contributed by atoms with Gasteiger partial charge in [-0.25, -0.2) is 4.40 Å². The van der Waals surface area contributed by atoms with Gasteiger partial charge in [-0.2, -0.15) is 0 Å². The third kappa shape index (κ3) is 2.65. The quantitative estimate of drug-likeness (QED) is 0.377. The SMILES string of the molecule is O=CNC1C(=O)N2CC(CSN3C=NSC3)(C(=O)O)CS[C@H]12. The van der Waals surface area contributed by atoms with E-state index in [4.69, 9.17) is 0 Å². The third-order valence-corrected chi connectivity index (χ3v) is 7.41. The molecule has 11 heteroatoms. The number of hydrogen-bond acceptors (Lipinski definition) is 8. The zero-order valence-electron chi connectivity index (χ0n) is 11.4. The van der Waals surface area contributed by atoms with Crippen LogP contribution in [0.4, 0.5) is 0 Å². The fourth-order valence-electron chi connectivity index (χ4n) is 2.49. The second-order valence-corrected chi connectivity index (χ2v) is 8.03. The number of β-lactam (4-membered cyclic amide) rings is 1. The van der Waals surface area contributed by atoms with Gasteiger partial charge in [0.15, 0.2) is 0 Å². The van der Waals surface area contributed by atoms with E-state index in [1.54, 1.807) is 11.2 Å². The van der Waals surface area contributed by atoms with Crippen molar-refractivity contribution in [3.63, 3.8) is 0 Å². The topological polar surface area (TPSA) is 102 Å². The van der Waals surface area contributed by atoms with E-state index in [0.717, 1.165) is 0 Å². The van der Waals surface area contributed by atoms with Crippen LogP contribution in [-0.2, 0) is 14.4 Å². The highest BCUT2D eigenvalue weighted by Gasteiger charge is 2.57. The summed E-state index contributed by atoms with van der Waals surface area (Å²) in [5, 5.41) is 12.0. The average molecular weight is 362 g/mol. The molecule has 3 rings (SSSR count). The molecule has 0 aromatic heterocycles. The highest BCUT2D eigenvalue weighted by molar-refractivity contribution is 8.02. The maximum atomic E-state index is 12.0. The molecular weight excluding hydrogens is 348 g/mol. The second-order valence-electron chi connectivity index (χ2n) is 5.18. The number of rotatable bonds is 6. The number of nitrogens with one attached hydrogen (secondary N) is 1. The van der Waals surface area contributed by atoms with Gasteiger partial charge in [0, 0.05) is 18.1 Å². The summed E-state index contributed by atoms with van der Waals surface area (Å²) in [7, 11) is 0. The van der Waals surface area contributed by atoms with E-state index in [1.807, 2.05) is 4.31 Å². The first-order chi connectivity index (χ1) is 10.6. The molecule has 8 nitrogen and oxygen atoms in total. The molecule has 2 fully saturated rings. The van der Waals surface area contributed by atoms with Crippen molar-refractivity contribution in [2.45, 2.75) is 11.4 Å². The van der Waals surface area contributed by atoms with Gasteiger partial charge in [-0.1, -0.05) is 0 Å². The Kier molecular flexibility index (Phi) is 4.46. The lowest BCUT2D eigenvalue weighted by Gasteiger charge is -2.53. The lowest BCUT2D eigenvalue weighted by atomic mass is 9.89. The summed E-state index contributed by atoms with van der Waals surface area (Å²) in [6.07, 6.45) is 2.20. The van der Waals surface area contributed by atoms with Gasteiger partial charge >= 0.3 is 5.97 Å². The van der Waals surface area contributed by atoms with E-state index < -0.39 is 17.4 Å². The molecule has 0 aromatic carbocycles. The summed E-state index contributed by atoms with van der Waals surface area (Å²) in [5.74, 6) is 0.389. The van der Waals surface area contributed by atoms with Crippen LogP contribution in [0.5, 0.6) is 0 Å². The number of nitrogens with zero attached hydrogens (tertiary/aromatic N) is 3. The van der Waals surface area contributed by atoms with Crippen molar-refractivity contribution in [1.82, 2.24) is 14.5 Å². The minimum Gasteiger partial charge on any atom is -0.481 e. The molecule has 0 saturated carbocycles. The summed E-state index contributed by atoms with van der Waals surface area (Å²) in [4.78, 5) is 35.8. The molecule has 3 heterocycles. The average Bonchev–Trinajstić information content (AvgIpc) is 3.03. The molecule has 2 N–H and O–H groups in total. The molecule has 2 unspecified atom stereocenters. The zero-order valence-corrected chi connectivity index (χ0v) is 13.8. The number of carboxylic acid groups (broad SMARTS) is 1. The first kappa shape index (κ1) is 15.8. The van der Waals surface area contributed by atoms with Crippen molar-refractivity contribution < 1.29 is 19.5 Å². The van der Waals surface area contributed by atoms with Gasteiger partial charge in [-0.3, -0.25) is 18.7 Å². The standard InChI is InChI=1S/C11H14N4O4S3/c16-5-12-7-8(17)15-1-11(10(18)19,2-20-9(7)15)3-22-14-4-13-21-6-14/h4-5,7,9H,1-3,6H2,(H,12,16)(H,18,19)/t7?,9-,11?/m1/s1. The summed E-state index contributed by atoms with van der Waals surface area (Å²) < 4.78 is 5.90. The van der Waals surface area contributed by atoms with E-state index in [9.17, 15) is 19.5 Å². The molecule has 3 aliphatic rings. The number of hydrogen-bond donors (Lipinski definition) is 2. The lowest BCUT2D eigenvalue weighted by Crippen LogP contribution is -2.73. The number of amides is 2. The Morgan fingerprint density at radius 2 is 2.50 bits per heavy atom. The number of thioether (sulfide) groups is 1. The van der Waals surface area contributed by atoms with Crippen LogP contribution < -0.4 is 5.32 Å². The Bertz CT molecular complexity index is 533. The molecule has 3 aliphatic heterocycles. The van der Waals surface area contributed by atoms with Crippen LogP contribution in [0, 0.1) is 5.41 Å². The number of carbonyl (C=O) groups excluding carboxylic acids is 2. The Morgan fingerprint density at radius 3 is 3.14 bits per heavy atom. The van der Waals surface area contributed by atoms with E-state index >= 15 is 0 Å². The number of aliphatic carboxylic acids is 1. The Morgan fingerprint density at radius 1 is 1.68 bits per heavy atom. The Balaban J connectivity index is 1.66. The molecule has 0 aliphatic carbocycles. The molecule has 22 heavy (non-hydrogen) atoms. The summed E-state index contributed by atoms with van der Waals surface area (Å²) in [6.45, 7) is 0.182. The van der Waals surface area contributed by atoms with Crippen molar-refractivity contribution in [1.29, 1.82) is 0 Å². The zero-order chi connectivity index (χ0) is 15.7. The number of fused-ring (bicyclic) bond motifs is 1. The van der Waals surface area contributed by atoms with E-state index in [-0.39, 0.29) is 17.8 Å². The van der Waals surface area contributed by atoms with Crippen LogP contribution in [0.15, 0.2) is 4.40 Å². The summed E-state index contributed by atoms with van der Waals surface area (Å²) >= 11 is 4.24. The van der Waals surface area contributed by atoms with E-state index in [2.05, 4.69) is 9.71 Å². The van der Waals surface area contributed by atoms with Gasteiger partial charge in [-0.05, 0) is 23.9 Å². The first-order valence-electron chi connectivity index (χ1n) is 6.48. The number of carbonyl (C=O) groups is 3. The molecule has 0 aromatic rings. The predicted octanol–water partition coefficient (Wildman–Crippen LogP) is -0.315. The number of carboxylic acids is 1. The molecule has 3 atom stereocenters. The Labute approximate surface area is 139 Å². The maximum Gasteiger partial charge on any atom is 0.313 e. The van der Waals surface area contributed by atoms with Crippen LogP contribution >= 0.6 is 35.7 Å². The van der Waals surface area contributed by atoms with Gasteiger partial charge in [0.2, 0.25) is 12.3 Å². The molecule has 2 amide bonds. The summed E-state index contributed by atoms with van der Waals surface area (Å²) in [5.41, 5.74) is -0.977. The summed E-state index contributed by atoms with van der Waals surface area (Å²) in [6, 6.07) is -0.524. The Hall–Kier alpha value is -1.07. The normalized spacial score (nSPS) is 33.4. The molecule has 0 spiro atoms. The lowest BCUT2D eigenvalue weighted by molar-refractivity contribution is -0.157. The van der Waals surface area contributed by atoms with Gasteiger partial charge in [0.25, 0.3) is 0 Å². The second kappa shape index (κ2) is 6.20. The van der Waals surface area contributed by atoms with Crippen molar-refractivity contribution in [3.8, 4) is 0 Å². The van der Waals surface area contributed by atoms with E-state index in [0.29, 0.717) is 23.8 Å². The van der Waals surface area contributed by atoms with Crippen molar-refractivity contribution >= 4 is 60.3 Å². The van der Waals surface area contributed by atoms with Crippen LogP contribution in [0.1, 0.15) is 0 Å². The van der Waals surface area contributed by atoms with Crippen LogP contribution in [0.3, 0.4) is 0 Å². The highest BCUT2D eigenvalue weighted by Crippen LogP contribution is 2.44. The smallest absolute Gasteiger partial charge is 0.313 e. The predicted molar refractivity (Wildman–Crippen MR) is 86.3 cm³/mol. The maximum absolute atomic E-state index is 12.0. The fourth-order valence-corrected chi connectivity index (χ4v) is 5.94. The van der Waals surface area contributed by atoms with Crippen LogP contribution in [-0.4, -0.2) is 74.3 Å². The monoisotopic (exact) mass is 362 g/mol. The minimum absolute atomic E-state index is 0.154. The third-order valence-electron chi connectivity index (χ3n) is 3.79. The van der Waals surface area contributed by atoms with Crippen LogP contribution in [0.2, 0.25) is 0 Å². The van der Waals surface area contributed by atoms with E-state index in [1.165, 1.54) is 35.7 Å². The van der Waals surface area contributed by atoms with Crippen molar-refractivity contribution in [3.05, 3.63) is 0 Å². The van der Waals surface area contributed by atoms with Gasteiger partial charge in [0.1, 0.15) is 23.2 Å². The highest BCUT2D eigenvalue weighted by atomic mass is 32.2. The fraction of sp³-hybridized carbons (Fsp3) is 0.636. The van der Waals surface area contributed by atoms with Crippen LogP contribution in [0.25, 0.3) is 0 Å². The van der Waals surface area contributed by atoms with Gasteiger partial charge in [0.05, 0.1) is 5.88 Å². The minimum atomic E-state index is -0.977. The molecule has 0 bridgehead atoms. The molecular formula is C11H14N4O4S3. The van der Waals surface area contributed by atoms with Gasteiger partial charge in [-0.15, -0.1) is 11.8 Å². The van der Waals surface area contributed by atoms with Crippen molar-refractivity contribution in [2.24, 2.45) is 9.81 Å². The molecule has 0 radical (unpaired) electrons.